The number of aromatic nitrogens is 1. The van der Waals surface area contributed by atoms with Gasteiger partial charge in [0.1, 0.15) is 0 Å². The molecule has 0 aliphatic carbocycles. The van der Waals surface area contributed by atoms with Crippen molar-refractivity contribution < 1.29 is 24.2 Å². The minimum Gasteiger partial charge on any atom is -0.483 e. The fourth-order valence-corrected chi connectivity index (χ4v) is 4.40. The molecule has 2 fully saturated rings. The molecule has 8 heteroatoms. The lowest BCUT2D eigenvalue weighted by molar-refractivity contribution is -0.148. The van der Waals surface area contributed by atoms with Crippen LogP contribution in [-0.2, 0) is 25.5 Å². The molecule has 2 aliphatic rings. The van der Waals surface area contributed by atoms with Gasteiger partial charge in [0.25, 0.3) is 6.47 Å². The smallest absolute Gasteiger partial charge is 0.290 e. The van der Waals surface area contributed by atoms with E-state index in [0.29, 0.717) is 19.6 Å². The maximum Gasteiger partial charge on any atom is 0.290 e. The molecule has 0 radical (unpaired) electrons. The normalized spacial score (nSPS) is 21.1. The van der Waals surface area contributed by atoms with Crippen molar-refractivity contribution in [3.63, 3.8) is 0 Å². The SMILES string of the molecule is Cc1ccc(C)c(CC(=O)N2CCO[C@@H](CN3CCOCC3)[C@@H]2c2cccnc2)c1.O=CO. The predicted octanol–water partition coefficient (Wildman–Crippen LogP) is 2.24. The first-order valence-corrected chi connectivity index (χ1v) is 11.3. The number of morpholine rings is 2. The number of benzene rings is 1. The number of carboxylic acid groups (broad SMARTS) is 1. The topological polar surface area (TPSA) is 92.2 Å². The largest absolute Gasteiger partial charge is 0.483 e. The van der Waals surface area contributed by atoms with E-state index in [2.05, 4.69) is 48.0 Å². The van der Waals surface area contributed by atoms with E-state index in [-0.39, 0.29) is 24.5 Å². The first-order valence-electron chi connectivity index (χ1n) is 11.3. The predicted molar refractivity (Wildman–Crippen MR) is 124 cm³/mol. The van der Waals surface area contributed by atoms with Gasteiger partial charge in [-0.05, 0) is 36.6 Å². The van der Waals surface area contributed by atoms with Gasteiger partial charge in [-0.1, -0.05) is 29.8 Å². The zero-order chi connectivity index (χ0) is 23.6. The highest BCUT2D eigenvalue weighted by molar-refractivity contribution is 5.80. The van der Waals surface area contributed by atoms with Crippen LogP contribution in [0.4, 0.5) is 0 Å². The van der Waals surface area contributed by atoms with E-state index in [1.807, 2.05) is 17.2 Å². The van der Waals surface area contributed by atoms with E-state index in [1.54, 1.807) is 6.20 Å². The fraction of sp³-hybridized carbons (Fsp3) is 0.480. The lowest BCUT2D eigenvalue weighted by atomic mass is 9.96. The Bertz CT molecular complexity index is 902. The van der Waals surface area contributed by atoms with Gasteiger partial charge in [-0.2, -0.15) is 0 Å². The number of ether oxygens (including phenoxy) is 2. The van der Waals surface area contributed by atoms with Crippen molar-refractivity contribution in [2.75, 3.05) is 46.0 Å². The number of pyridine rings is 1. The van der Waals surface area contributed by atoms with Crippen molar-refractivity contribution in [3.05, 3.63) is 65.0 Å². The first kappa shape index (κ1) is 24.8. The molecule has 1 N–H and O–H groups in total. The molecule has 0 saturated carbocycles. The van der Waals surface area contributed by atoms with Crippen molar-refractivity contribution in [1.82, 2.24) is 14.8 Å². The average Bonchev–Trinajstić information content (AvgIpc) is 2.83. The van der Waals surface area contributed by atoms with E-state index in [0.717, 1.165) is 49.5 Å². The zero-order valence-corrected chi connectivity index (χ0v) is 19.4. The zero-order valence-electron chi connectivity index (χ0n) is 19.4. The molecule has 0 bridgehead atoms. The van der Waals surface area contributed by atoms with E-state index >= 15 is 0 Å². The van der Waals surface area contributed by atoms with Gasteiger partial charge < -0.3 is 19.5 Å². The maximum absolute atomic E-state index is 13.5. The van der Waals surface area contributed by atoms with Gasteiger partial charge in [0.2, 0.25) is 5.91 Å². The standard InChI is InChI=1S/C24H31N3O3.CH2O2/c1-18-5-6-19(2)21(14-18)15-23(28)27-10-13-30-22(17-26-8-11-29-12-9-26)24(27)20-4-3-7-25-16-20;2-1-3/h3-7,14,16,22,24H,8-13,15,17H2,1-2H3;1H,(H,2,3)/t22-,24-;/m0./s1. The van der Waals surface area contributed by atoms with E-state index < -0.39 is 0 Å². The summed E-state index contributed by atoms with van der Waals surface area (Å²) in [6.07, 6.45) is 3.97. The second kappa shape index (κ2) is 12.4. The van der Waals surface area contributed by atoms with Gasteiger partial charge in [0.15, 0.2) is 0 Å². The van der Waals surface area contributed by atoms with Crippen LogP contribution in [0.2, 0.25) is 0 Å². The molecular formula is C25H33N3O5. The molecular weight excluding hydrogens is 422 g/mol. The summed E-state index contributed by atoms with van der Waals surface area (Å²) in [6.45, 7) is 9.13. The highest BCUT2D eigenvalue weighted by atomic mass is 16.5. The van der Waals surface area contributed by atoms with Gasteiger partial charge in [-0.3, -0.25) is 19.5 Å². The van der Waals surface area contributed by atoms with Crippen LogP contribution in [0.5, 0.6) is 0 Å². The van der Waals surface area contributed by atoms with Crippen LogP contribution in [0.1, 0.15) is 28.3 Å². The molecule has 1 aromatic heterocycles. The van der Waals surface area contributed by atoms with Crippen molar-refractivity contribution in [3.8, 4) is 0 Å². The molecule has 4 rings (SSSR count). The van der Waals surface area contributed by atoms with Gasteiger partial charge in [0.05, 0.1) is 38.4 Å². The van der Waals surface area contributed by atoms with Gasteiger partial charge in [-0.25, -0.2) is 0 Å². The summed E-state index contributed by atoms with van der Waals surface area (Å²) in [5.41, 5.74) is 4.47. The summed E-state index contributed by atoms with van der Waals surface area (Å²) >= 11 is 0. The Labute approximate surface area is 195 Å². The van der Waals surface area contributed by atoms with Crippen LogP contribution in [0.3, 0.4) is 0 Å². The molecule has 1 amide bonds. The average molecular weight is 456 g/mol. The minimum atomic E-state index is -0.250. The van der Waals surface area contributed by atoms with Gasteiger partial charge in [0, 0.05) is 38.6 Å². The third-order valence-electron chi connectivity index (χ3n) is 6.09. The van der Waals surface area contributed by atoms with Crippen LogP contribution in [0.15, 0.2) is 42.7 Å². The third kappa shape index (κ3) is 6.83. The Balaban J connectivity index is 0.000000968. The van der Waals surface area contributed by atoms with Gasteiger partial charge >= 0.3 is 0 Å². The second-order valence-electron chi connectivity index (χ2n) is 8.35. The molecule has 3 heterocycles. The Hall–Kier alpha value is -2.81. The fourth-order valence-electron chi connectivity index (χ4n) is 4.40. The van der Waals surface area contributed by atoms with Crippen LogP contribution in [0, 0.1) is 13.8 Å². The van der Waals surface area contributed by atoms with Crippen LogP contribution >= 0.6 is 0 Å². The lowest BCUT2D eigenvalue weighted by Gasteiger charge is -2.43. The summed E-state index contributed by atoms with van der Waals surface area (Å²) in [5, 5.41) is 6.89. The number of rotatable bonds is 5. The second-order valence-corrected chi connectivity index (χ2v) is 8.35. The molecule has 178 valence electrons. The number of nitrogens with zero attached hydrogens (tertiary/aromatic N) is 3. The molecule has 0 spiro atoms. The lowest BCUT2D eigenvalue weighted by Crippen LogP contribution is -2.53. The molecule has 0 unspecified atom stereocenters. The monoisotopic (exact) mass is 455 g/mol. The van der Waals surface area contributed by atoms with Gasteiger partial charge in [-0.15, -0.1) is 0 Å². The maximum atomic E-state index is 13.5. The van der Waals surface area contributed by atoms with E-state index in [9.17, 15) is 4.79 Å². The molecule has 33 heavy (non-hydrogen) atoms. The van der Waals surface area contributed by atoms with Crippen molar-refractivity contribution in [2.24, 2.45) is 0 Å². The Morgan fingerprint density at radius 1 is 1.18 bits per heavy atom. The van der Waals surface area contributed by atoms with Crippen LogP contribution in [0.25, 0.3) is 0 Å². The molecule has 1 aromatic carbocycles. The number of carbonyl (C=O) groups excluding carboxylic acids is 1. The molecule has 8 nitrogen and oxygen atoms in total. The Morgan fingerprint density at radius 3 is 2.64 bits per heavy atom. The van der Waals surface area contributed by atoms with Crippen molar-refractivity contribution in [2.45, 2.75) is 32.4 Å². The third-order valence-corrected chi connectivity index (χ3v) is 6.09. The Morgan fingerprint density at radius 2 is 1.94 bits per heavy atom. The van der Waals surface area contributed by atoms with Crippen LogP contribution < -0.4 is 0 Å². The highest BCUT2D eigenvalue weighted by Crippen LogP contribution is 2.31. The number of amides is 1. The van der Waals surface area contributed by atoms with Crippen LogP contribution in [-0.4, -0.2) is 84.4 Å². The summed E-state index contributed by atoms with van der Waals surface area (Å²) < 4.78 is 11.7. The summed E-state index contributed by atoms with van der Waals surface area (Å²) in [4.78, 5) is 30.5. The summed E-state index contributed by atoms with van der Waals surface area (Å²) in [7, 11) is 0. The molecule has 2 saturated heterocycles. The highest BCUT2D eigenvalue weighted by Gasteiger charge is 2.37. The molecule has 2 atom stereocenters. The molecule has 2 aromatic rings. The van der Waals surface area contributed by atoms with E-state index in [1.165, 1.54) is 5.56 Å². The quantitative estimate of drug-likeness (QED) is 0.692. The van der Waals surface area contributed by atoms with Crippen molar-refractivity contribution in [1.29, 1.82) is 0 Å². The number of carbonyl (C=O) groups is 2. The van der Waals surface area contributed by atoms with Crippen molar-refractivity contribution >= 4 is 12.4 Å². The number of aryl methyl sites for hydroxylation is 2. The molecule has 2 aliphatic heterocycles. The summed E-state index contributed by atoms with van der Waals surface area (Å²) in [6, 6.07) is 10.2. The number of hydrogen-bond donors (Lipinski definition) is 1. The Kier molecular flexibility index (Phi) is 9.35. The minimum absolute atomic E-state index is 0.0800. The van der Waals surface area contributed by atoms with E-state index in [4.69, 9.17) is 19.4 Å². The summed E-state index contributed by atoms with van der Waals surface area (Å²) in [5.74, 6) is 0.146. The first-order chi connectivity index (χ1) is 16.0. The number of hydrogen-bond acceptors (Lipinski definition) is 6.